The van der Waals surface area contributed by atoms with Gasteiger partial charge in [0.2, 0.25) is 0 Å². The number of hydrogen-bond donors (Lipinski definition) is 2. The minimum atomic E-state index is -0.504. The molecular weight excluding hydrogens is 394 g/mol. The molecule has 1 amide bonds. The molecule has 1 aliphatic heterocycles. The predicted molar refractivity (Wildman–Crippen MR) is 125 cm³/mol. The van der Waals surface area contributed by atoms with E-state index in [0.29, 0.717) is 12.5 Å². The van der Waals surface area contributed by atoms with E-state index < -0.39 is 6.09 Å². The van der Waals surface area contributed by atoms with E-state index in [2.05, 4.69) is 12.2 Å². The van der Waals surface area contributed by atoms with Gasteiger partial charge >= 0.3 is 6.09 Å². The van der Waals surface area contributed by atoms with Gasteiger partial charge in [-0.05, 0) is 12.8 Å². The molecule has 1 saturated heterocycles. The zero-order valence-electron chi connectivity index (χ0n) is 20.1. The number of rotatable bonds is 21. The summed E-state index contributed by atoms with van der Waals surface area (Å²) in [4.78, 5) is 11.4. The van der Waals surface area contributed by atoms with Crippen LogP contribution in [-0.4, -0.2) is 56.9 Å². The third-order valence-corrected chi connectivity index (χ3v) is 5.94. The largest absolute Gasteiger partial charge is 0.447 e. The van der Waals surface area contributed by atoms with Crippen molar-refractivity contribution in [1.29, 1.82) is 0 Å². The van der Waals surface area contributed by atoms with Gasteiger partial charge in [-0.2, -0.15) is 0 Å². The first-order chi connectivity index (χ1) is 15.3. The van der Waals surface area contributed by atoms with E-state index in [1.54, 1.807) is 0 Å². The first-order valence-electron chi connectivity index (χ1n) is 13.0. The van der Waals surface area contributed by atoms with Crippen LogP contribution in [0, 0.1) is 5.92 Å². The molecule has 0 unspecified atom stereocenters. The van der Waals surface area contributed by atoms with E-state index >= 15 is 0 Å². The summed E-state index contributed by atoms with van der Waals surface area (Å²) in [5.74, 6) is 0.390. The average Bonchev–Trinajstić information content (AvgIpc) is 3.23. The summed E-state index contributed by atoms with van der Waals surface area (Å²) in [6.07, 6.45) is 19.5. The van der Waals surface area contributed by atoms with Crippen molar-refractivity contribution in [3.8, 4) is 0 Å². The second kappa shape index (κ2) is 21.0. The molecule has 1 aliphatic rings. The van der Waals surface area contributed by atoms with E-state index in [-0.39, 0.29) is 25.9 Å². The zero-order chi connectivity index (χ0) is 22.4. The summed E-state index contributed by atoms with van der Waals surface area (Å²) in [7, 11) is 0. The number of aliphatic hydroxyl groups is 1. The van der Waals surface area contributed by atoms with E-state index in [4.69, 9.17) is 19.3 Å². The zero-order valence-corrected chi connectivity index (χ0v) is 20.1. The van der Waals surface area contributed by atoms with Crippen LogP contribution in [0.5, 0.6) is 0 Å². The minimum absolute atomic E-state index is 0.0467. The van der Waals surface area contributed by atoms with Crippen molar-refractivity contribution in [2.45, 2.75) is 109 Å². The highest BCUT2D eigenvalue weighted by Gasteiger charge is 2.26. The molecule has 1 fully saturated rings. The fraction of sp³-hybridized carbons (Fsp3) is 0.960. The summed E-state index contributed by atoms with van der Waals surface area (Å²) in [5, 5.41) is 11.1. The molecule has 6 nitrogen and oxygen atoms in total. The van der Waals surface area contributed by atoms with Gasteiger partial charge in [-0.15, -0.1) is 0 Å². The van der Waals surface area contributed by atoms with Gasteiger partial charge in [0, 0.05) is 19.1 Å². The fourth-order valence-corrected chi connectivity index (χ4v) is 4.04. The highest BCUT2D eigenvalue weighted by atomic mass is 16.6. The lowest BCUT2D eigenvalue weighted by Crippen LogP contribution is -2.29. The lowest BCUT2D eigenvalue weighted by Gasteiger charge is -2.11. The van der Waals surface area contributed by atoms with Crippen LogP contribution in [0.25, 0.3) is 0 Å². The van der Waals surface area contributed by atoms with Crippen molar-refractivity contribution in [3.05, 3.63) is 0 Å². The molecule has 0 radical (unpaired) electrons. The number of unbranched alkanes of at least 4 members (excludes halogenated alkanes) is 13. The van der Waals surface area contributed by atoms with Crippen LogP contribution >= 0.6 is 0 Å². The van der Waals surface area contributed by atoms with E-state index in [1.165, 1.54) is 83.5 Å². The third kappa shape index (κ3) is 17.4. The van der Waals surface area contributed by atoms with Gasteiger partial charge in [0.15, 0.2) is 0 Å². The summed E-state index contributed by atoms with van der Waals surface area (Å²) in [6.45, 7) is 4.88. The maximum absolute atomic E-state index is 11.4. The van der Waals surface area contributed by atoms with Gasteiger partial charge in [0.25, 0.3) is 0 Å². The maximum atomic E-state index is 11.4. The third-order valence-electron chi connectivity index (χ3n) is 5.94. The van der Waals surface area contributed by atoms with Crippen LogP contribution in [0.3, 0.4) is 0 Å². The van der Waals surface area contributed by atoms with Crippen LogP contribution in [0.4, 0.5) is 4.79 Å². The predicted octanol–water partition coefficient (Wildman–Crippen LogP) is 5.61. The Morgan fingerprint density at radius 1 is 0.903 bits per heavy atom. The summed E-state index contributed by atoms with van der Waals surface area (Å²) >= 11 is 0. The summed E-state index contributed by atoms with van der Waals surface area (Å²) in [6, 6.07) is 0. The van der Waals surface area contributed by atoms with Crippen molar-refractivity contribution in [2.24, 2.45) is 5.92 Å². The number of amides is 1. The van der Waals surface area contributed by atoms with Crippen LogP contribution in [-0.2, 0) is 14.2 Å². The summed E-state index contributed by atoms with van der Waals surface area (Å²) < 4.78 is 16.6. The first-order valence-corrected chi connectivity index (χ1v) is 13.0. The molecular formula is C25H49NO5. The van der Waals surface area contributed by atoms with Crippen molar-refractivity contribution in [2.75, 3.05) is 39.6 Å². The lowest BCUT2D eigenvalue weighted by atomic mass is 10.0. The van der Waals surface area contributed by atoms with Crippen LogP contribution in [0.1, 0.15) is 103 Å². The second-order valence-electron chi connectivity index (χ2n) is 8.98. The van der Waals surface area contributed by atoms with E-state index in [9.17, 15) is 4.79 Å². The molecule has 6 heteroatoms. The van der Waals surface area contributed by atoms with E-state index in [1.807, 2.05) is 0 Å². The Kier molecular flexibility index (Phi) is 19.1. The molecule has 0 saturated carbocycles. The van der Waals surface area contributed by atoms with Gasteiger partial charge in [-0.1, -0.05) is 90.4 Å². The Labute approximate surface area is 190 Å². The molecule has 1 rings (SSSR count). The van der Waals surface area contributed by atoms with Crippen LogP contribution < -0.4 is 5.32 Å². The number of alkyl carbamates (subject to hydrolysis) is 1. The van der Waals surface area contributed by atoms with Crippen LogP contribution in [0.2, 0.25) is 0 Å². The van der Waals surface area contributed by atoms with Gasteiger partial charge < -0.3 is 24.6 Å². The Morgan fingerprint density at radius 2 is 1.48 bits per heavy atom. The fourth-order valence-electron chi connectivity index (χ4n) is 4.04. The SMILES string of the molecule is CCCCCCCCCCCCCCCCOC[C@H]1CO[C@H](COC(=O)NCCO)C1. The van der Waals surface area contributed by atoms with Gasteiger partial charge in [-0.3, -0.25) is 0 Å². The quantitative estimate of drug-likeness (QED) is 0.226. The number of aliphatic hydroxyl groups excluding tert-OH is 1. The van der Waals surface area contributed by atoms with Crippen molar-refractivity contribution in [3.63, 3.8) is 0 Å². The van der Waals surface area contributed by atoms with Gasteiger partial charge in [0.1, 0.15) is 6.61 Å². The highest BCUT2D eigenvalue weighted by molar-refractivity contribution is 5.67. The minimum Gasteiger partial charge on any atom is -0.447 e. The number of carbonyl (C=O) groups is 1. The molecule has 0 bridgehead atoms. The average molecular weight is 444 g/mol. The Balaban J connectivity index is 1.78. The molecule has 0 aromatic carbocycles. The van der Waals surface area contributed by atoms with Crippen molar-refractivity contribution < 1.29 is 24.1 Å². The number of ether oxygens (including phenoxy) is 3. The van der Waals surface area contributed by atoms with Crippen molar-refractivity contribution in [1.82, 2.24) is 5.32 Å². The highest BCUT2D eigenvalue weighted by Crippen LogP contribution is 2.20. The molecule has 0 aromatic heterocycles. The summed E-state index contributed by atoms with van der Waals surface area (Å²) in [5.41, 5.74) is 0. The maximum Gasteiger partial charge on any atom is 0.407 e. The molecule has 31 heavy (non-hydrogen) atoms. The molecule has 0 aliphatic carbocycles. The lowest BCUT2D eigenvalue weighted by molar-refractivity contribution is 0.0390. The normalized spacial score (nSPS) is 18.4. The second-order valence-corrected chi connectivity index (χ2v) is 8.98. The standard InChI is InChI=1S/C25H49NO5/c1-2-3-4-5-6-7-8-9-10-11-12-13-14-15-18-29-20-23-19-24(30-21-23)22-31-25(28)26-16-17-27/h23-24,27H,2-22H2,1H3,(H,26,28)/t23-,24-/m0/s1. The monoisotopic (exact) mass is 443 g/mol. The molecule has 0 aromatic rings. The van der Waals surface area contributed by atoms with Gasteiger partial charge in [-0.25, -0.2) is 4.79 Å². The number of hydrogen-bond acceptors (Lipinski definition) is 5. The molecule has 2 atom stereocenters. The first kappa shape index (κ1) is 28.2. The van der Waals surface area contributed by atoms with Crippen LogP contribution in [0.15, 0.2) is 0 Å². The molecule has 0 spiro atoms. The number of carbonyl (C=O) groups excluding carboxylic acids is 1. The van der Waals surface area contributed by atoms with Crippen molar-refractivity contribution >= 4 is 6.09 Å². The topological polar surface area (TPSA) is 77.0 Å². The Morgan fingerprint density at radius 3 is 2.06 bits per heavy atom. The molecule has 1 heterocycles. The Hall–Kier alpha value is -0.850. The molecule has 184 valence electrons. The van der Waals surface area contributed by atoms with Gasteiger partial charge in [0.05, 0.1) is 25.9 Å². The number of nitrogens with one attached hydrogen (secondary N) is 1. The molecule has 2 N–H and O–H groups in total. The smallest absolute Gasteiger partial charge is 0.407 e. The Bertz CT molecular complexity index is 407. The van der Waals surface area contributed by atoms with E-state index in [0.717, 1.165) is 26.1 Å².